The summed E-state index contributed by atoms with van der Waals surface area (Å²) in [6.45, 7) is 3.82. The fourth-order valence-electron chi connectivity index (χ4n) is 3.10. The molecule has 0 aliphatic carbocycles. The van der Waals surface area contributed by atoms with Gasteiger partial charge in [-0.2, -0.15) is 4.98 Å². The highest BCUT2D eigenvalue weighted by atomic mass is 16.5. The second kappa shape index (κ2) is 7.61. The Labute approximate surface area is 157 Å². The second-order valence-electron chi connectivity index (χ2n) is 6.57. The summed E-state index contributed by atoms with van der Waals surface area (Å²) >= 11 is 0. The van der Waals surface area contributed by atoms with Crippen LogP contribution in [0.5, 0.6) is 5.75 Å². The molecule has 0 atom stereocenters. The molecule has 1 aliphatic heterocycles. The first-order chi connectivity index (χ1) is 13.2. The first-order valence-corrected chi connectivity index (χ1v) is 9.11. The van der Waals surface area contributed by atoms with Gasteiger partial charge in [0.05, 0.1) is 18.9 Å². The van der Waals surface area contributed by atoms with E-state index in [1.54, 1.807) is 0 Å². The van der Waals surface area contributed by atoms with Crippen LogP contribution in [0.3, 0.4) is 0 Å². The summed E-state index contributed by atoms with van der Waals surface area (Å²) in [7, 11) is 0. The van der Waals surface area contributed by atoms with Gasteiger partial charge in [-0.25, -0.2) is 0 Å². The van der Waals surface area contributed by atoms with Crippen molar-refractivity contribution in [3.05, 3.63) is 66.1 Å². The van der Waals surface area contributed by atoms with Gasteiger partial charge in [0.1, 0.15) is 5.75 Å². The normalized spacial score (nSPS) is 14.0. The minimum Gasteiger partial charge on any atom is -0.494 e. The van der Waals surface area contributed by atoms with Crippen LogP contribution in [0.25, 0.3) is 11.4 Å². The molecule has 0 radical (unpaired) electrons. The molecule has 3 aromatic rings. The van der Waals surface area contributed by atoms with Crippen LogP contribution in [0.15, 0.2) is 59.1 Å². The Hall–Kier alpha value is -3.15. The molecule has 6 heteroatoms. The topological polar surface area (TPSA) is 68.5 Å². The number of amides is 1. The molecular weight excluding hydrogens is 342 g/mol. The van der Waals surface area contributed by atoms with Gasteiger partial charge in [0.2, 0.25) is 17.6 Å². The highest BCUT2D eigenvalue weighted by Crippen LogP contribution is 2.28. The van der Waals surface area contributed by atoms with E-state index in [2.05, 4.69) is 10.1 Å². The Morgan fingerprint density at radius 1 is 1.15 bits per heavy atom. The Bertz CT molecular complexity index is 900. The smallest absolute Gasteiger partial charge is 0.233 e. The third kappa shape index (κ3) is 3.84. The molecule has 0 bridgehead atoms. The maximum Gasteiger partial charge on any atom is 0.233 e. The maximum absolute atomic E-state index is 12.4. The van der Waals surface area contributed by atoms with E-state index in [1.165, 1.54) is 0 Å². The van der Waals surface area contributed by atoms with Crippen LogP contribution in [-0.2, 0) is 11.2 Å². The van der Waals surface area contributed by atoms with Crippen LogP contribution >= 0.6 is 0 Å². The average Bonchev–Trinajstić information content (AvgIpc) is 3.13. The van der Waals surface area contributed by atoms with Crippen LogP contribution < -0.4 is 4.74 Å². The van der Waals surface area contributed by atoms with Gasteiger partial charge in [-0.3, -0.25) is 4.79 Å². The number of carbonyl (C=O) groups is 1. The highest BCUT2D eigenvalue weighted by molar-refractivity contribution is 5.79. The lowest BCUT2D eigenvalue weighted by Crippen LogP contribution is -2.49. The lowest BCUT2D eigenvalue weighted by atomic mass is 9.98. The molecular formula is C21H21N3O3. The van der Waals surface area contributed by atoms with Crippen LogP contribution in [0.4, 0.5) is 0 Å². The molecule has 2 heterocycles. The number of hydrogen-bond donors (Lipinski definition) is 0. The van der Waals surface area contributed by atoms with Crippen molar-refractivity contribution in [3.63, 3.8) is 0 Å². The Morgan fingerprint density at radius 3 is 2.59 bits per heavy atom. The molecule has 1 amide bonds. The third-order valence-electron chi connectivity index (χ3n) is 4.65. The van der Waals surface area contributed by atoms with Gasteiger partial charge in [0.25, 0.3) is 0 Å². The molecule has 1 fully saturated rings. The lowest BCUT2D eigenvalue weighted by Gasteiger charge is -2.37. The van der Waals surface area contributed by atoms with Crippen molar-refractivity contribution in [2.24, 2.45) is 0 Å². The molecule has 1 aromatic heterocycles. The lowest BCUT2D eigenvalue weighted by molar-refractivity contribution is -0.135. The molecule has 0 spiro atoms. The molecule has 6 nitrogen and oxygen atoms in total. The molecule has 0 unspecified atom stereocenters. The number of carbonyl (C=O) groups excluding carboxylic acids is 1. The number of aromatic nitrogens is 2. The van der Waals surface area contributed by atoms with Crippen LogP contribution in [-0.4, -0.2) is 40.6 Å². The summed E-state index contributed by atoms with van der Waals surface area (Å²) in [6, 6.07) is 17.4. The number of hydrogen-bond acceptors (Lipinski definition) is 5. The Kier molecular flexibility index (Phi) is 4.87. The SMILES string of the molecule is CCOc1ccc(CC(=O)N2CC(c3nc(-c4ccccc4)no3)C2)cc1. The molecule has 0 N–H and O–H groups in total. The van der Waals surface area contributed by atoms with E-state index in [4.69, 9.17) is 9.26 Å². The first-order valence-electron chi connectivity index (χ1n) is 9.11. The van der Waals surface area contributed by atoms with Gasteiger partial charge < -0.3 is 14.2 Å². The van der Waals surface area contributed by atoms with Crippen molar-refractivity contribution in [2.75, 3.05) is 19.7 Å². The van der Waals surface area contributed by atoms with Gasteiger partial charge in [0.15, 0.2) is 0 Å². The van der Waals surface area contributed by atoms with Crippen molar-refractivity contribution in [1.82, 2.24) is 15.0 Å². The first kappa shape index (κ1) is 17.3. The van der Waals surface area contributed by atoms with Crippen molar-refractivity contribution in [3.8, 4) is 17.1 Å². The van der Waals surface area contributed by atoms with Crippen LogP contribution in [0.2, 0.25) is 0 Å². The molecule has 1 saturated heterocycles. The predicted molar refractivity (Wildman–Crippen MR) is 100 cm³/mol. The van der Waals surface area contributed by atoms with Crippen molar-refractivity contribution < 1.29 is 14.1 Å². The van der Waals surface area contributed by atoms with Crippen LogP contribution in [0, 0.1) is 0 Å². The Morgan fingerprint density at radius 2 is 1.89 bits per heavy atom. The fraction of sp³-hybridized carbons (Fsp3) is 0.286. The second-order valence-corrected chi connectivity index (χ2v) is 6.57. The zero-order valence-corrected chi connectivity index (χ0v) is 15.2. The standard InChI is InChI=1S/C21H21N3O3/c1-2-26-18-10-8-15(9-11-18)12-19(25)24-13-17(14-24)21-22-20(23-27-21)16-6-4-3-5-7-16/h3-11,17H,2,12-14H2,1H3. The van der Waals surface area contributed by atoms with Gasteiger partial charge in [0, 0.05) is 18.7 Å². The van der Waals surface area contributed by atoms with E-state index in [0.717, 1.165) is 16.9 Å². The zero-order chi connectivity index (χ0) is 18.6. The summed E-state index contributed by atoms with van der Waals surface area (Å²) in [5, 5.41) is 4.05. The van der Waals surface area contributed by atoms with E-state index in [-0.39, 0.29) is 11.8 Å². The Balaban J connectivity index is 1.31. The van der Waals surface area contributed by atoms with Gasteiger partial charge in [-0.1, -0.05) is 47.6 Å². The summed E-state index contributed by atoms with van der Waals surface area (Å²) in [5.74, 6) is 2.23. The number of nitrogens with zero attached hydrogens (tertiary/aromatic N) is 3. The van der Waals surface area contributed by atoms with Gasteiger partial charge in [-0.15, -0.1) is 0 Å². The van der Waals surface area contributed by atoms with E-state index in [0.29, 0.717) is 37.8 Å². The molecule has 4 rings (SSSR count). The predicted octanol–water partition coefficient (Wildman–Crippen LogP) is 3.30. The minimum atomic E-state index is 0.109. The van der Waals surface area contributed by atoms with E-state index >= 15 is 0 Å². The summed E-state index contributed by atoms with van der Waals surface area (Å²) in [6.07, 6.45) is 0.387. The molecule has 27 heavy (non-hydrogen) atoms. The molecule has 0 saturated carbocycles. The van der Waals surface area contributed by atoms with E-state index in [1.807, 2.05) is 66.4 Å². The van der Waals surface area contributed by atoms with E-state index in [9.17, 15) is 4.79 Å². The molecule has 138 valence electrons. The third-order valence-corrected chi connectivity index (χ3v) is 4.65. The molecule has 1 aliphatic rings. The maximum atomic E-state index is 12.4. The fourth-order valence-corrected chi connectivity index (χ4v) is 3.10. The minimum absolute atomic E-state index is 0.109. The van der Waals surface area contributed by atoms with Crippen molar-refractivity contribution in [1.29, 1.82) is 0 Å². The largest absolute Gasteiger partial charge is 0.494 e. The summed E-state index contributed by atoms with van der Waals surface area (Å²) in [4.78, 5) is 18.7. The van der Waals surface area contributed by atoms with E-state index < -0.39 is 0 Å². The molecule has 2 aromatic carbocycles. The zero-order valence-electron chi connectivity index (χ0n) is 15.2. The summed E-state index contributed by atoms with van der Waals surface area (Å²) < 4.78 is 10.8. The average molecular weight is 363 g/mol. The number of ether oxygens (including phenoxy) is 1. The summed E-state index contributed by atoms with van der Waals surface area (Å²) in [5.41, 5.74) is 1.91. The number of benzene rings is 2. The quantitative estimate of drug-likeness (QED) is 0.672. The van der Waals surface area contributed by atoms with Crippen molar-refractivity contribution in [2.45, 2.75) is 19.3 Å². The highest BCUT2D eigenvalue weighted by Gasteiger charge is 2.35. The van der Waals surface area contributed by atoms with Gasteiger partial charge >= 0.3 is 0 Å². The number of rotatable bonds is 6. The number of likely N-dealkylation sites (tertiary alicyclic amines) is 1. The van der Waals surface area contributed by atoms with Gasteiger partial charge in [-0.05, 0) is 24.6 Å². The monoisotopic (exact) mass is 363 g/mol. The van der Waals surface area contributed by atoms with Crippen molar-refractivity contribution >= 4 is 5.91 Å². The van der Waals surface area contributed by atoms with Crippen LogP contribution in [0.1, 0.15) is 24.3 Å².